The molecule has 4 rings (SSSR count). The maximum atomic E-state index is 12.9. The lowest BCUT2D eigenvalue weighted by atomic mass is 10.1. The molecule has 0 spiro atoms. The maximum Gasteiger partial charge on any atom is 0.255 e. The normalized spacial score (nSPS) is 13.7. The van der Waals surface area contributed by atoms with Crippen LogP contribution in [-0.2, 0) is 17.0 Å². The van der Waals surface area contributed by atoms with Gasteiger partial charge in [0.05, 0.1) is 23.6 Å². The Morgan fingerprint density at radius 1 is 1.11 bits per heavy atom. The van der Waals surface area contributed by atoms with Gasteiger partial charge in [-0.25, -0.2) is 4.98 Å². The van der Waals surface area contributed by atoms with E-state index in [1.165, 1.54) is 11.8 Å². The SMILES string of the molecule is COc1cccc(CSc2nc(C)c(CC(=O)N3CCN(c4ccc(Cl)c(Cl)c4)CC3)c(=O)[nH]2)c1. The summed E-state index contributed by atoms with van der Waals surface area (Å²) < 4.78 is 5.25. The van der Waals surface area contributed by atoms with Crippen molar-refractivity contribution in [1.82, 2.24) is 14.9 Å². The molecule has 0 aliphatic carbocycles. The largest absolute Gasteiger partial charge is 0.497 e. The van der Waals surface area contributed by atoms with Crippen molar-refractivity contribution in [3.63, 3.8) is 0 Å². The number of amides is 1. The van der Waals surface area contributed by atoms with Gasteiger partial charge in [-0.3, -0.25) is 9.59 Å². The Bertz CT molecular complexity index is 1280. The summed E-state index contributed by atoms with van der Waals surface area (Å²) >= 11 is 13.6. The molecular formula is C25H26Cl2N4O3S. The van der Waals surface area contributed by atoms with Crippen LogP contribution in [0.2, 0.25) is 10.0 Å². The predicted molar refractivity (Wildman–Crippen MR) is 141 cm³/mol. The molecule has 2 aromatic carbocycles. The second-order valence-corrected chi connectivity index (χ2v) is 10.00. The van der Waals surface area contributed by atoms with Crippen LogP contribution in [0.15, 0.2) is 52.4 Å². The van der Waals surface area contributed by atoms with Crippen LogP contribution < -0.4 is 15.2 Å². The van der Waals surface area contributed by atoms with Crippen molar-refractivity contribution in [2.24, 2.45) is 0 Å². The number of thioether (sulfide) groups is 1. The lowest BCUT2D eigenvalue weighted by Gasteiger charge is -2.36. The van der Waals surface area contributed by atoms with E-state index in [1.54, 1.807) is 25.0 Å². The Morgan fingerprint density at radius 3 is 2.57 bits per heavy atom. The highest BCUT2D eigenvalue weighted by atomic mass is 35.5. The molecule has 0 bridgehead atoms. The van der Waals surface area contributed by atoms with E-state index in [2.05, 4.69) is 14.9 Å². The third kappa shape index (κ3) is 6.31. The lowest BCUT2D eigenvalue weighted by Crippen LogP contribution is -2.49. The van der Waals surface area contributed by atoms with Crippen LogP contribution in [-0.4, -0.2) is 54.1 Å². The summed E-state index contributed by atoms with van der Waals surface area (Å²) in [6, 6.07) is 13.3. The summed E-state index contributed by atoms with van der Waals surface area (Å²) in [6.45, 7) is 4.26. The number of ether oxygens (including phenoxy) is 1. The lowest BCUT2D eigenvalue weighted by molar-refractivity contribution is -0.130. The molecule has 0 saturated carbocycles. The zero-order valence-corrected chi connectivity index (χ0v) is 21.8. The monoisotopic (exact) mass is 532 g/mol. The molecule has 3 aromatic rings. The van der Waals surface area contributed by atoms with Crippen molar-refractivity contribution < 1.29 is 9.53 Å². The number of piperazine rings is 1. The fraction of sp³-hybridized carbons (Fsp3) is 0.320. The first-order valence-corrected chi connectivity index (χ1v) is 12.9. The number of hydrogen-bond acceptors (Lipinski definition) is 6. The van der Waals surface area contributed by atoms with Crippen LogP contribution in [0.5, 0.6) is 5.75 Å². The van der Waals surface area contributed by atoms with Crippen LogP contribution in [0, 0.1) is 6.92 Å². The number of nitrogens with zero attached hydrogens (tertiary/aromatic N) is 3. The molecule has 1 N–H and O–H groups in total. The van der Waals surface area contributed by atoms with Crippen molar-refractivity contribution in [1.29, 1.82) is 0 Å². The average molecular weight is 533 g/mol. The molecule has 7 nitrogen and oxygen atoms in total. The van der Waals surface area contributed by atoms with E-state index in [1.807, 2.05) is 36.4 Å². The number of H-pyrrole nitrogens is 1. The minimum Gasteiger partial charge on any atom is -0.497 e. The second-order valence-electron chi connectivity index (χ2n) is 8.22. The molecular weight excluding hydrogens is 507 g/mol. The summed E-state index contributed by atoms with van der Waals surface area (Å²) in [5, 5.41) is 1.56. The quantitative estimate of drug-likeness (QED) is 0.354. The minimum absolute atomic E-state index is 0.0295. The zero-order chi connectivity index (χ0) is 24.9. The maximum absolute atomic E-state index is 12.9. The highest BCUT2D eigenvalue weighted by Gasteiger charge is 2.23. The van der Waals surface area contributed by atoms with E-state index >= 15 is 0 Å². The Kier molecular flexibility index (Phi) is 8.26. The Labute approximate surface area is 218 Å². The molecule has 1 saturated heterocycles. The van der Waals surface area contributed by atoms with Crippen LogP contribution in [0.4, 0.5) is 5.69 Å². The zero-order valence-electron chi connectivity index (χ0n) is 19.5. The van der Waals surface area contributed by atoms with Crippen LogP contribution in [0.25, 0.3) is 0 Å². The van der Waals surface area contributed by atoms with Gasteiger partial charge in [0.1, 0.15) is 5.75 Å². The summed E-state index contributed by atoms with van der Waals surface area (Å²) in [6.07, 6.45) is 0.0295. The number of rotatable bonds is 7. The summed E-state index contributed by atoms with van der Waals surface area (Å²) in [5.74, 6) is 1.35. The van der Waals surface area contributed by atoms with Gasteiger partial charge in [0.15, 0.2) is 5.16 Å². The first-order valence-electron chi connectivity index (χ1n) is 11.2. The average Bonchev–Trinajstić information content (AvgIpc) is 2.86. The van der Waals surface area contributed by atoms with Crippen LogP contribution >= 0.6 is 35.0 Å². The van der Waals surface area contributed by atoms with Crippen LogP contribution in [0.1, 0.15) is 16.8 Å². The number of hydrogen-bond donors (Lipinski definition) is 1. The van der Waals surface area contributed by atoms with E-state index in [0.29, 0.717) is 58.4 Å². The number of aromatic nitrogens is 2. The fourth-order valence-electron chi connectivity index (χ4n) is 3.93. The number of carbonyl (C=O) groups excluding carboxylic acids is 1. The van der Waals surface area contributed by atoms with Crippen LogP contribution in [0.3, 0.4) is 0 Å². The smallest absolute Gasteiger partial charge is 0.255 e. The molecule has 1 aliphatic rings. The Balaban J connectivity index is 1.35. The summed E-state index contributed by atoms with van der Waals surface area (Å²) in [4.78, 5) is 37.0. The van der Waals surface area contributed by atoms with Gasteiger partial charge in [-0.2, -0.15) is 0 Å². The Hall–Kier alpha value is -2.68. The van der Waals surface area contributed by atoms with Gasteiger partial charge in [-0.05, 0) is 42.8 Å². The molecule has 2 heterocycles. The van der Waals surface area contributed by atoms with E-state index in [-0.39, 0.29) is 17.9 Å². The highest BCUT2D eigenvalue weighted by molar-refractivity contribution is 7.98. The van der Waals surface area contributed by atoms with Gasteiger partial charge in [-0.1, -0.05) is 47.1 Å². The van der Waals surface area contributed by atoms with Gasteiger partial charge in [-0.15, -0.1) is 0 Å². The van der Waals surface area contributed by atoms with E-state index in [4.69, 9.17) is 27.9 Å². The number of benzene rings is 2. The molecule has 0 unspecified atom stereocenters. The van der Waals surface area contributed by atoms with Gasteiger partial charge < -0.3 is 19.5 Å². The van der Waals surface area contributed by atoms with Crippen molar-refractivity contribution in [2.75, 3.05) is 38.2 Å². The molecule has 1 fully saturated rings. The Morgan fingerprint density at radius 2 is 1.89 bits per heavy atom. The molecule has 0 atom stereocenters. The van der Waals surface area contributed by atoms with Crippen molar-refractivity contribution in [2.45, 2.75) is 24.3 Å². The van der Waals surface area contributed by atoms with Crippen molar-refractivity contribution in [3.05, 3.63) is 79.7 Å². The number of aryl methyl sites for hydroxylation is 1. The number of methoxy groups -OCH3 is 1. The fourth-order valence-corrected chi connectivity index (χ4v) is 5.08. The molecule has 184 valence electrons. The number of anilines is 1. The predicted octanol–water partition coefficient (Wildman–Crippen LogP) is 4.58. The minimum atomic E-state index is -0.270. The molecule has 35 heavy (non-hydrogen) atoms. The number of halogens is 2. The van der Waals surface area contributed by atoms with Gasteiger partial charge in [0.2, 0.25) is 5.91 Å². The number of aromatic amines is 1. The third-order valence-electron chi connectivity index (χ3n) is 5.94. The molecule has 10 heteroatoms. The highest BCUT2D eigenvalue weighted by Crippen LogP contribution is 2.28. The van der Waals surface area contributed by atoms with Crippen molar-refractivity contribution in [3.8, 4) is 5.75 Å². The summed E-state index contributed by atoms with van der Waals surface area (Å²) in [5.41, 5.74) is 2.75. The van der Waals surface area contributed by atoms with E-state index in [0.717, 1.165) is 17.0 Å². The first kappa shape index (κ1) is 25.4. The molecule has 1 aromatic heterocycles. The topological polar surface area (TPSA) is 78.5 Å². The molecule has 1 amide bonds. The van der Waals surface area contributed by atoms with Crippen molar-refractivity contribution >= 4 is 46.6 Å². The standard InChI is InChI=1S/C25H26Cl2N4O3S/c1-16-20(24(33)29-25(28-16)35-15-17-4-3-5-19(12-17)34-2)14-23(32)31-10-8-30(9-11-31)18-6-7-21(26)22(27)13-18/h3-7,12-13H,8-11,14-15H2,1-2H3,(H,28,29,33). The van der Waals surface area contributed by atoms with E-state index < -0.39 is 0 Å². The molecule has 0 radical (unpaired) electrons. The third-order valence-corrected chi connectivity index (χ3v) is 7.62. The first-order chi connectivity index (χ1) is 16.8. The summed E-state index contributed by atoms with van der Waals surface area (Å²) in [7, 11) is 1.63. The van der Waals surface area contributed by atoms with Gasteiger partial charge in [0, 0.05) is 48.9 Å². The second kappa shape index (κ2) is 11.4. The van der Waals surface area contributed by atoms with Gasteiger partial charge >= 0.3 is 0 Å². The molecule has 1 aliphatic heterocycles. The van der Waals surface area contributed by atoms with Gasteiger partial charge in [0.25, 0.3) is 5.56 Å². The number of nitrogens with one attached hydrogen (secondary N) is 1. The number of carbonyl (C=O) groups is 1. The van der Waals surface area contributed by atoms with E-state index in [9.17, 15) is 9.59 Å².